The number of nitrogen functional groups attached to an aromatic ring is 1. The van der Waals surface area contributed by atoms with Crippen LogP contribution in [0.3, 0.4) is 0 Å². The molecule has 7 nitrogen and oxygen atoms in total. The average Bonchev–Trinajstić information content (AvgIpc) is 2.64. The summed E-state index contributed by atoms with van der Waals surface area (Å²) in [6.07, 6.45) is -3.56. The minimum atomic E-state index is -1.87. The Hall–Kier alpha value is -1.03. The van der Waals surface area contributed by atoms with E-state index < -0.39 is 36.4 Å². The second-order valence-corrected chi connectivity index (χ2v) is 4.86. The summed E-state index contributed by atoms with van der Waals surface area (Å²) in [5, 5.41) is 19.1. The number of nitrogens with zero attached hydrogens (tertiary/aromatic N) is 2. The molecule has 2 rings (SSSR count). The third-order valence-corrected chi connectivity index (χ3v) is 4.04. The van der Waals surface area contributed by atoms with Crippen LogP contribution in [0.1, 0.15) is 6.23 Å². The van der Waals surface area contributed by atoms with Crippen LogP contribution in [-0.2, 0) is 4.74 Å². The number of nitrogens with two attached hydrogens (primary N) is 1. The Morgan fingerprint density at radius 1 is 1.68 bits per heavy atom. The quantitative estimate of drug-likeness (QED) is 0.621. The van der Waals surface area contributed by atoms with E-state index in [2.05, 4.69) is 20.9 Å². The zero-order valence-corrected chi connectivity index (χ0v) is 11.3. The first-order valence-electron chi connectivity index (χ1n) is 5.46. The number of halogens is 2. The first-order chi connectivity index (χ1) is 8.95. The average molecular weight is 338 g/mol. The van der Waals surface area contributed by atoms with Crippen molar-refractivity contribution in [2.45, 2.75) is 24.1 Å². The van der Waals surface area contributed by atoms with Crippen LogP contribution in [0.2, 0.25) is 0 Å². The van der Waals surface area contributed by atoms with Crippen LogP contribution in [0, 0.1) is 0 Å². The lowest BCUT2D eigenvalue weighted by molar-refractivity contribution is -0.113. The normalized spacial score (nSPS) is 34.6. The number of alkyl halides is 2. The predicted octanol–water partition coefficient (Wildman–Crippen LogP) is -0.821. The molecule has 106 valence electrons. The molecular formula is C10H13BrFN3O4. The van der Waals surface area contributed by atoms with Crippen molar-refractivity contribution in [2.24, 2.45) is 0 Å². The summed E-state index contributed by atoms with van der Waals surface area (Å²) in [6, 6.07) is 1.32. The number of aliphatic hydroxyl groups is 2. The second-order valence-electron chi connectivity index (χ2n) is 4.30. The van der Waals surface area contributed by atoms with Gasteiger partial charge in [-0.3, -0.25) is 4.57 Å². The highest BCUT2D eigenvalue weighted by molar-refractivity contribution is 9.09. The van der Waals surface area contributed by atoms with E-state index >= 15 is 0 Å². The Kier molecular flexibility index (Phi) is 3.90. The Bertz CT molecular complexity index is 522. The molecule has 0 bridgehead atoms. The van der Waals surface area contributed by atoms with Crippen LogP contribution in [0.5, 0.6) is 0 Å². The lowest BCUT2D eigenvalue weighted by Crippen LogP contribution is -2.47. The van der Waals surface area contributed by atoms with E-state index in [9.17, 15) is 19.4 Å². The summed E-state index contributed by atoms with van der Waals surface area (Å²) in [5.74, 6) is 0.00381. The Morgan fingerprint density at radius 3 is 2.84 bits per heavy atom. The summed E-state index contributed by atoms with van der Waals surface area (Å²) in [4.78, 5) is 15.1. The van der Waals surface area contributed by atoms with Gasteiger partial charge < -0.3 is 20.7 Å². The number of rotatable bonds is 3. The number of hydrogen-bond donors (Lipinski definition) is 3. The smallest absolute Gasteiger partial charge is 0.351 e. The van der Waals surface area contributed by atoms with Crippen molar-refractivity contribution in [2.75, 3.05) is 17.7 Å². The van der Waals surface area contributed by atoms with Crippen molar-refractivity contribution in [1.82, 2.24) is 9.55 Å². The number of aromatic nitrogens is 2. The lowest BCUT2D eigenvalue weighted by Gasteiger charge is -2.27. The van der Waals surface area contributed by atoms with Crippen LogP contribution >= 0.6 is 15.9 Å². The van der Waals surface area contributed by atoms with Crippen LogP contribution in [-0.4, -0.2) is 49.6 Å². The zero-order chi connectivity index (χ0) is 14.2. The van der Waals surface area contributed by atoms with E-state index in [1.807, 2.05) is 0 Å². The van der Waals surface area contributed by atoms with Gasteiger partial charge in [-0.2, -0.15) is 4.98 Å². The molecule has 0 radical (unpaired) electrons. The maximum Gasteiger partial charge on any atom is 0.351 e. The molecule has 0 unspecified atom stereocenters. The van der Waals surface area contributed by atoms with E-state index in [0.29, 0.717) is 0 Å². The van der Waals surface area contributed by atoms with Crippen molar-refractivity contribution in [3.8, 4) is 0 Å². The standard InChI is InChI=1S/C10H13BrFN3O4/c11-3-10(4-16)7(17)6(12)8(19-10)15-2-1-5(13)14-9(15)18/h1-2,6-8,16-17H,3-4H2,(H2,13,14,18)/t6-,7-,8+,10+/m0/s1. The fraction of sp³-hybridized carbons (Fsp3) is 0.600. The molecule has 1 fully saturated rings. The van der Waals surface area contributed by atoms with E-state index in [0.717, 1.165) is 4.57 Å². The number of hydrogen-bond acceptors (Lipinski definition) is 6. The second kappa shape index (κ2) is 5.16. The molecule has 1 aromatic heterocycles. The van der Waals surface area contributed by atoms with Gasteiger partial charge in [-0.25, -0.2) is 9.18 Å². The molecule has 9 heteroatoms. The van der Waals surface area contributed by atoms with Gasteiger partial charge in [-0.05, 0) is 6.07 Å². The zero-order valence-electron chi connectivity index (χ0n) is 9.74. The molecule has 0 amide bonds. The number of aliphatic hydroxyl groups excluding tert-OH is 2. The summed E-state index contributed by atoms with van der Waals surface area (Å²) in [7, 11) is 0. The summed E-state index contributed by atoms with van der Waals surface area (Å²) >= 11 is 3.06. The van der Waals surface area contributed by atoms with Crippen molar-refractivity contribution in [3.05, 3.63) is 22.7 Å². The van der Waals surface area contributed by atoms with Crippen LogP contribution < -0.4 is 11.4 Å². The van der Waals surface area contributed by atoms with Gasteiger partial charge in [0.1, 0.15) is 17.5 Å². The maximum absolute atomic E-state index is 14.1. The van der Waals surface area contributed by atoms with Crippen molar-refractivity contribution in [1.29, 1.82) is 0 Å². The molecule has 19 heavy (non-hydrogen) atoms. The molecular weight excluding hydrogens is 325 g/mol. The van der Waals surface area contributed by atoms with E-state index in [-0.39, 0.29) is 11.1 Å². The largest absolute Gasteiger partial charge is 0.393 e. The van der Waals surface area contributed by atoms with E-state index in [4.69, 9.17) is 10.5 Å². The lowest BCUT2D eigenvalue weighted by atomic mass is 9.99. The Labute approximate surface area is 116 Å². The SMILES string of the molecule is Nc1ccn([C@@H]2O[C@@](CO)(CBr)[C@@H](O)[C@@H]2F)c(=O)n1. The minimum Gasteiger partial charge on any atom is -0.393 e. The highest BCUT2D eigenvalue weighted by Crippen LogP contribution is 2.39. The molecule has 4 N–H and O–H groups in total. The van der Waals surface area contributed by atoms with Crippen LogP contribution in [0.15, 0.2) is 17.1 Å². The van der Waals surface area contributed by atoms with Crippen molar-refractivity contribution < 1.29 is 19.3 Å². The van der Waals surface area contributed by atoms with E-state index in [1.165, 1.54) is 12.3 Å². The fourth-order valence-electron chi connectivity index (χ4n) is 1.93. The number of ether oxygens (including phenoxy) is 1. The third kappa shape index (κ3) is 2.27. The van der Waals surface area contributed by atoms with Gasteiger partial charge in [0.15, 0.2) is 12.4 Å². The fourth-order valence-corrected chi connectivity index (χ4v) is 2.58. The first-order valence-corrected chi connectivity index (χ1v) is 6.59. The molecule has 0 aromatic carbocycles. The van der Waals surface area contributed by atoms with E-state index in [1.54, 1.807) is 0 Å². The predicted molar refractivity (Wildman–Crippen MR) is 67.5 cm³/mol. The van der Waals surface area contributed by atoms with Crippen LogP contribution in [0.25, 0.3) is 0 Å². The Morgan fingerprint density at radius 2 is 2.37 bits per heavy atom. The van der Waals surface area contributed by atoms with Gasteiger partial charge in [0.25, 0.3) is 0 Å². The first kappa shape index (κ1) is 14.4. The van der Waals surface area contributed by atoms with Crippen molar-refractivity contribution >= 4 is 21.7 Å². The number of anilines is 1. The van der Waals surface area contributed by atoms with Gasteiger partial charge in [0.2, 0.25) is 0 Å². The van der Waals surface area contributed by atoms with Crippen molar-refractivity contribution in [3.63, 3.8) is 0 Å². The molecule has 1 aromatic rings. The molecule has 4 atom stereocenters. The molecule has 1 aliphatic heterocycles. The highest BCUT2D eigenvalue weighted by Gasteiger charge is 2.55. The minimum absolute atomic E-state index is 0.00381. The molecule has 0 aliphatic carbocycles. The Balaban J connectivity index is 2.39. The molecule has 0 saturated carbocycles. The van der Waals surface area contributed by atoms with Gasteiger partial charge in [0.05, 0.1) is 6.61 Å². The third-order valence-electron chi connectivity index (χ3n) is 3.09. The summed E-state index contributed by atoms with van der Waals surface area (Å²) in [6.45, 7) is -0.590. The van der Waals surface area contributed by atoms with Gasteiger partial charge >= 0.3 is 5.69 Å². The summed E-state index contributed by atoms with van der Waals surface area (Å²) < 4.78 is 20.3. The summed E-state index contributed by atoms with van der Waals surface area (Å²) in [5.41, 5.74) is 3.05. The molecule has 0 spiro atoms. The topological polar surface area (TPSA) is 111 Å². The van der Waals surface area contributed by atoms with Gasteiger partial charge in [0, 0.05) is 11.5 Å². The molecule has 1 aliphatic rings. The molecule has 2 heterocycles. The monoisotopic (exact) mass is 337 g/mol. The van der Waals surface area contributed by atoms with Gasteiger partial charge in [-0.15, -0.1) is 0 Å². The maximum atomic E-state index is 14.1. The van der Waals surface area contributed by atoms with Gasteiger partial charge in [-0.1, -0.05) is 15.9 Å². The van der Waals surface area contributed by atoms with Crippen LogP contribution in [0.4, 0.5) is 10.2 Å². The highest BCUT2D eigenvalue weighted by atomic mass is 79.9. The molecule has 1 saturated heterocycles.